The van der Waals surface area contributed by atoms with Crippen LogP contribution in [0.25, 0.3) is 0 Å². The largest absolute Gasteiger partial charge is 0.384 e. The number of carbonyl (C=O) groups excluding carboxylic acids is 1. The number of amides is 1. The summed E-state index contributed by atoms with van der Waals surface area (Å²) in [5, 5.41) is 11.6. The molecule has 0 aliphatic carbocycles. The van der Waals surface area contributed by atoms with Crippen molar-refractivity contribution in [2.75, 3.05) is 18.2 Å². The standard InChI is InChI=1S/C16H15NO2S2/c1-11-10-15(21-14(11)4-3-9-18)16(19)17-12-5-7-13(20-2)8-6-12/h5-8,10,18H,9H2,1-2H3,(H,17,19). The molecule has 0 saturated heterocycles. The van der Waals surface area contributed by atoms with Gasteiger partial charge in [-0.05, 0) is 49.1 Å². The van der Waals surface area contributed by atoms with Crippen molar-refractivity contribution in [2.45, 2.75) is 11.8 Å². The molecule has 3 nitrogen and oxygen atoms in total. The second-order valence-electron chi connectivity index (χ2n) is 4.27. The van der Waals surface area contributed by atoms with E-state index >= 15 is 0 Å². The van der Waals surface area contributed by atoms with Gasteiger partial charge in [0.1, 0.15) is 6.61 Å². The van der Waals surface area contributed by atoms with Crippen LogP contribution < -0.4 is 5.32 Å². The fraction of sp³-hybridized carbons (Fsp3) is 0.188. The van der Waals surface area contributed by atoms with Gasteiger partial charge in [0.05, 0.1) is 9.75 Å². The highest BCUT2D eigenvalue weighted by molar-refractivity contribution is 7.98. The van der Waals surface area contributed by atoms with Crippen molar-refractivity contribution in [1.82, 2.24) is 0 Å². The number of rotatable bonds is 3. The van der Waals surface area contributed by atoms with E-state index in [1.165, 1.54) is 11.3 Å². The maximum absolute atomic E-state index is 12.2. The van der Waals surface area contributed by atoms with Crippen LogP contribution in [0.1, 0.15) is 20.1 Å². The Morgan fingerprint density at radius 3 is 2.71 bits per heavy atom. The first-order valence-electron chi connectivity index (χ1n) is 6.29. The fourth-order valence-corrected chi connectivity index (χ4v) is 3.06. The number of thiophene rings is 1. The summed E-state index contributed by atoms with van der Waals surface area (Å²) in [5.41, 5.74) is 1.72. The summed E-state index contributed by atoms with van der Waals surface area (Å²) < 4.78 is 0. The predicted octanol–water partition coefficient (Wildman–Crippen LogP) is 3.37. The summed E-state index contributed by atoms with van der Waals surface area (Å²) in [6.45, 7) is 1.72. The quantitative estimate of drug-likeness (QED) is 0.674. The van der Waals surface area contributed by atoms with Gasteiger partial charge in [-0.25, -0.2) is 0 Å². The molecule has 0 unspecified atom stereocenters. The molecule has 0 radical (unpaired) electrons. The third kappa shape index (κ3) is 4.11. The number of thioether (sulfide) groups is 1. The lowest BCUT2D eigenvalue weighted by Gasteiger charge is -2.04. The maximum atomic E-state index is 12.2. The first kappa shape index (κ1) is 15.6. The third-order valence-corrected chi connectivity index (χ3v) is 4.67. The number of hydrogen-bond acceptors (Lipinski definition) is 4. The van der Waals surface area contributed by atoms with Crippen molar-refractivity contribution in [3.8, 4) is 11.8 Å². The zero-order valence-electron chi connectivity index (χ0n) is 11.8. The van der Waals surface area contributed by atoms with E-state index in [0.717, 1.165) is 21.0 Å². The molecule has 21 heavy (non-hydrogen) atoms. The molecule has 1 heterocycles. The number of aliphatic hydroxyl groups is 1. The SMILES string of the molecule is CSc1ccc(NC(=O)c2cc(C)c(C#CCO)s2)cc1. The Balaban J connectivity index is 2.12. The Morgan fingerprint density at radius 1 is 1.38 bits per heavy atom. The Morgan fingerprint density at radius 2 is 2.10 bits per heavy atom. The van der Waals surface area contributed by atoms with Crippen LogP contribution in [0.2, 0.25) is 0 Å². The van der Waals surface area contributed by atoms with Gasteiger partial charge < -0.3 is 10.4 Å². The molecular formula is C16H15NO2S2. The Bertz CT molecular complexity index is 693. The van der Waals surface area contributed by atoms with E-state index < -0.39 is 0 Å². The highest BCUT2D eigenvalue weighted by atomic mass is 32.2. The number of nitrogens with one attached hydrogen (secondary N) is 1. The van der Waals surface area contributed by atoms with Crippen LogP contribution >= 0.6 is 23.1 Å². The number of anilines is 1. The molecule has 0 aliphatic heterocycles. The van der Waals surface area contributed by atoms with E-state index in [1.807, 2.05) is 43.5 Å². The van der Waals surface area contributed by atoms with Crippen LogP contribution in [0.3, 0.4) is 0 Å². The van der Waals surface area contributed by atoms with Crippen LogP contribution in [0, 0.1) is 18.8 Å². The average Bonchev–Trinajstić information content (AvgIpc) is 2.87. The molecule has 0 atom stereocenters. The molecule has 1 aromatic heterocycles. The van der Waals surface area contributed by atoms with Gasteiger partial charge in [0.15, 0.2) is 0 Å². The number of benzene rings is 1. The Labute approximate surface area is 132 Å². The van der Waals surface area contributed by atoms with Crippen molar-refractivity contribution < 1.29 is 9.90 Å². The molecule has 2 N–H and O–H groups in total. The van der Waals surface area contributed by atoms with E-state index in [2.05, 4.69) is 17.2 Å². The minimum absolute atomic E-state index is 0.142. The highest BCUT2D eigenvalue weighted by Gasteiger charge is 2.11. The van der Waals surface area contributed by atoms with E-state index in [1.54, 1.807) is 11.8 Å². The Kier molecular flexibility index (Phi) is 5.45. The summed E-state index contributed by atoms with van der Waals surface area (Å²) in [7, 11) is 0. The molecule has 1 aromatic carbocycles. The van der Waals surface area contributed by atoms with Gasteiger partial charge in [0.2, 0.25) is 0 Å². The summed E-state index contributed by atoms with van der Waals surface area (Å²) in [6, 6.07) is 9.53. The first-order valence-corrected chi connectivity index (χ1v) is 8.33. The lowest BCUT2D eigenvalue weighted by molar-refractivity contribution is 0.103. The van der Waals surface area contributed by atoms with Gasteiger partial charge in [0.25, 0.3) is 5.91 Å². The topological polar surface area (TPSA) is 49.3 Å². The second kappa shape index (κ2) is 7.32. The monoisotopic (exact) mass is 317 g/mol. The van der Waals surface area contributed by atoms with Gasteiger partial charge >= 0.3 is 0 Å². The third-order valence-electron chi connectivity index (χ3n) is 2.77. The van der Waals surface area contributed by atoms with Crippen LogP contribution in [0.4, 0.5) is 5.69 Å². The zero-order valence-corrected chi connectivity index (χ0v) is 13.4. The lowest BCUT2D eigenvalue weighted by atomic mass is 10.2. The molecule has 0 aliphatic rings. The van der Waals surface area contributed by atoms with E-state index in [9.17, 15) is 4.79 Å². The number of aliphatic hydroxyl groups excluding tert-OH is 1. The van der Waals surface area contributed by atoms with E-state index in [4.69, 9.17) is 5.11 Å². The Hall–Kier alpha value is -1.74. The summed E-state index contributed by atoms with van der Waals surface area (Å²) in [4.78, 5) is 14.8. The van der Waals surface area contributed by atoms with Crippen LogP contribution in [0.5, 0.6) is 0 Å². The number of aryl methyl sites for hydroxylation is 1. The van der Waals surface area contributed by atoms with Crippen molar-refractivity contribution in [1.29, 1.82) is 0 Å². The molecule has 108 valence electrons. The smallest absolute Gasteiger partial charge is 0.265 e. The molecule has 5 heteroatoms. The molecule has 0 spiro atoms. The van der Waals surface area contributed by atoms with Gasteiger partial charge in [-0.2, -0.15) is 0 Å². The van der Waals surface area contributed by atoms with Gasteiger partial charge in [-0.15, -0.1) is 23.1 Å². The molecule has 0 saturated carbocycles. The maximum Gasteiger partial charge on any atom is 0.265 e. The summed E-state index contributed by atoms with van der Waals surface area (Å²) >= 11 is 2.99. The minimum Gasteiger partial charge on any atom is -0.384 e. The van der Waals surface area contributed by atoms with Crippen molar-refractivity contribution in [3.05, 3.63) is 45.6 Å². The summed E-state index contributed by atoms with van der Waals surface area (Å²) in [6.07, 6.45) is 2.01. The summed E-state index contributed by atoms with van der Waals surface area (Å²) in [5.74, 6) is 5.31. The zero-order chi connectivity index (χ0) is 15.2. The molecule has 0 fully saturated rings. The second-order valence-corrected chi connectivity index (χ2v) is 6.20. The van der Waals surface area contributed by atoms with Crippen LogP contribution in [-0.2, 0) is 0 Å². The van der Waals surface area contributed by atoms with Gasteiger partial charge in [0, 0.05) is 10.6 Å². The van der Waals surface area contributed by atoms with Crippen LogP contribution in [0.15, 0.2) is 35.2 Å². The molecule has 2 rings (SSSR count). The van der Waals surface area contributed by atoms with Crippen molar-refractivity contribution >= 4 is 34.7 Å². The fourth-order valence-electron chi connectivity index (χ4n) is 1.70. The van der Waals surface area contributed by atoms with Gasteiger partial charge in [-0.3, -0.25) is 4.79 Å². The molecule has 0 bridgehead atoms. The molecule has 1 amide bonds. The normalized spacial score (nSPS) is 9.86. The highest BCUT2D eigenvalue weighted by Crippen LogP contribution is 2.23. The van der Waals surface area contributed by atoms with E-state index in [0.29, 0.717) is 4.88 Å². The number of hydrogen-bond donors (Lipinski definition) is 2. The van der Waals surface area contributed by atoms with Gasteiger partial charge in [-0.1, -0.05) is 11.8 Å². The predicted molar refractivity (Wildman–Crippen MR) is 89.2 cm³/mol. The minimum atomic E-state index is -0.180. The lowest BCUT2D eigenvalue weighted by Crippen LogP contribution is -2.09. The average molecular weight is 317 g/mol. The number of carbonyl (C=O) groups is 1. The molecule has 2 aromatic rings. The molecular weight excluding hydrogens is 302 g/mol. The first-order chi connectivity index (χ1) is 10.1. The van der Waals surface area contributed by atoms with Crippen LogP contribution in [-0.4, -0.2) is 23.9 Å². The van der Waals surface area contributed by atoms with Crippen molar-refractivity contribution in [3.63, 3.8) is 0 Å². The van der Waals surface area contributed by atoms with E-state index in [-0.39, 0.29) is 12.5 Å². The van der Waals surface area contributed by atoms with Crippen molar-refractivity contribution in [2.24, 2.45) is 0 Å².